The summed E-state index contributed by atoms with van der Waals surface area (Å²) >= 11 is 0. The fourth-order valence-corrected chi connectivity index (χ4v) is 4.75. The van der Waals surface area contributed by atoms with Crippen molar-refractivity contribution in [1.82, 2.24) is 29.4 Å². The first-order chi connectivity index (χ1) is 13.2. The van der Waals surface area contributed by atoms with E-state index < -0.39 is 26.7 Å². The Labute approximate surface area is 161 Å². The number of aromatic nitrogens is 4. The van der Waals surface area contributed by atoms with Crippen molar-refractivity contribution in [3.63, 3.8) is 0 Å². The zero-order valence-electron chi connectivity index (χ0n) is 15.3. The van der Waals surface area contributed by atoms with Gasteiger partial charge >= 0.3 is 6.18 Å². The van der Waals surface area contributed by atoms with Gasteiger partial charge in [-0.3, -0.25) is 4.90 Å². The van der Waals surface area contributed by atoms with Crippen molar-refractivity contribution in [2.45, 2.75) is 37.5 Å². The van der Waals surface area contributed by atoms with E-state index in [0.717, 1.165) is 22.9 Å². The molecule has 0 amide bonds. The van der Waals surface area contributed by atoms with E-state index in [4.69, 9.17) is 0 Å². The minimum absolute atomic E-state index is 0.101. The molecule has 0 bridgehead atoms. The van der Waals surface area contributed by atoms with E-state index in [-0.39, 0.29) is 13.1 Å². The molecule has 1 aromatic heterocycles. The van der Waals surface area contributed by atoms with Gasteiger partial charge in [-0.05, 0) is 29.0 Å². The third-order valence-corrected chi connectivity index (χ3v) is 6.50. The molecule has 0 spiro atoms. The summed E-state index contributed by atoms with van der Waals surface area (Å²) in [7, 11) is -4.24. The normalized spacial score (nSPS) is 17.1. The average Bonchev–Trinajstić information content (AvgIpc) is 3.09. The molecule has 0 N–H and O–H groups in total. The number of hydrogen-bond acceptors (Lipinski definition) is 6. The summed E-state index contributed by atoms with van der Waals surface area (Å²) in [6, 6.07) is 4.27. The summed E-state index contributed by atoms with van der Waals surface area (Å²) < 4.78 is 68.0. The highest BCUT2D eigenvalue weighted by atomic mass is 32.2. The first-order valence-electron chi connectivity index (χ1n) is 8.87. The predicted molar refractivity (Wildman–Crippen MR) is 93.6 cm³/mol. The Hall–Kier alpha value is -2.05. The monoisotopic (exact) mass is 418 g/mol. The zero-order chi connectivity index (χ0) is 20.4. The van der Waals surface area contributed by atoms with E-state index in [0.29, 0.717) is 32.0 Å². The number of alkyl halides is 3. The number of tetrazole rings is 1. The van der Waals surface area contributed by atoms with Gasteiger partial charge in [0.2, 0.25) is 10.0 Å². The first-order valence-corrected chi connectivity index (χ1v) is 10.3. The summed E-state index contributed by atoms with van der Waals surface area (Å²) in [5, 5.41) is 11.6. The molecule has 0 unspecified atom stereocenters. The van der Waals surface area contributed by atoms with Gasteiger partial charge in [0.1, 0.15) is 0 Å². The molecule has 3 rings (SSSR count). The van der Waals surface area contributed by atoms with E-state index in [1.807, 2.05) is 11.8 Å². The van der Waals surface area contributed by atoms with E-state index in [9.17, 15) is 21.6 Å². The number of halogens is 3. The molecular weight excluding hydrogens is 397 g/mol. The van der Waals surface area contributed by atoms with E-state index in [1.54, 1.807) is 4.68 Å². The van der Waals surface area contributed by atoms with Gasteiger partial charge in [-0.15, -0.1) is 5.10 Å². The molecule has 2 aromatic rings. The Morgan fingerprint density at radius 1 is 1.11 bits per heavy atom. The van der Waals surface area contributed by atoms with Gasteiger partial charge in [0.15, 0.2) is 5.82 Å². The highest BCUT2D eigenvalue weighted by molar-refractivity contribution is 7.89. The molecule has 154 valence electrons. The minimum atomic E-state index is -4.73. The SMILES string of the molecule is CCCn1nnnc1CN1CCN(S(=O)(=O)c2ccccc2C(F)(F)F)CC1. The molecule has 1 aliphatic heterocycles. The molecule has 1 aliphatic rings. The van der Waals surface area contributed by atoms with Crippen LogP contribution in [0.2, 0.25) is 0 Å². The molecule has 1 saturated heterocycles. The van der Waals surface area contributed by atoms with Crippen molar-refractivity contribution < 1.29 is 21.6 Å². The van der Waals surface area contributed by atoms with Crippen LogP contribution >= 0.6 is 0 Å². The smallest absolute Gasteiger partial charge is 0.293 e. The average molecular weight is 418 g/mol. The Morgan fingerprint density at radius 2 is 1.79 bits per heavy atom. The van der Waals surface area contributed by atoms with Crippen molar-refractivity contribution in [1.29, 1.82) is 0 Å². The molecule has 0 atom stereocenters. The van der Waals surface area contributed by atoms with Gasteiger partial charge in [-0.1, -0.05) is 19.1 Å². The second kappa shape index (κ2) is 8.13. The molecule has 12 heteroatoms. The van der Waals surface area contributed by atoms with Gasteiger partial charge in [-0.25, -0.2) is 13.1 Å². The Morgan fingerprint density at radius 3 is 2.43 bits per heavy atom. The molecule has 0 saturated carbocycles. The summed E-state index contributed by atoms with van der Waals surface area (Å²) in [6.45, 7) is 4.12. The van der Waals surface area contributed by atoms with Crippen LogP contribution in [0.5, 0.6) is 0 Å². The fourth-order valence-electron chi connectivity index (χ4n) is 3.11. The number of piperazine rings is 1. The lowest BCUT2D eigenvalue weighted by Crippen LogP contribution is -2.48. The van der Waals surface area contributed by atoms with Crippen LogP contribution in [0.3, 0.4) is 0 Å². The maximum Gasteiger partial charge on any atom is 0.417 e. The van der Waals surface area contributed by atoms with Crippen LogP contribution in [0.25, 0.3) is 0 Å². The lowest BCUT2D eigenvalue weighted by molar-refractivity contribution is -0.139. The van der Waals surface area contributed by atoms with Crippen molar-refractivity contribution in [3.8, 4) is 0 Å². The lowest BCUT2D eigenvalue weighted by Gasteiger charge is -2.34. The van der Waals surface area contributed by atoms with Crippen molar-refractivity contribution in [2.24, 2.45) is 0 Å². The summed E-state index contributed by atoms with van der Waals surface area (Å²) in [5.41, 5.74) is -1.14. The van der Waals surface area contributed by atoms with Crippen LogP contribution in [-0.2, 0) is 29.3 Å². The quantitative estimate of drug-likeness (QED) is 0.709. The number of hydrogen-bond donors (Lipinski definition) is 0. The predicted octanol–water partition coefficient (Wildman–Crippen LogP) is 1.61. The van der Waals surface area contributed by atoms with Gasteiger partial charge in [0, 0.05) is 32.7 Å². The number of sulfonamides is 1. The van der Waals surface area contributed by atoms with Crippen LogP contribution < -0.4 is 0 Å². The van der Waals surface area contributed by atoms with Crippen LogP contribution in [0.15, 0.2) is 29.2 Å². The van der Waals surface area contributed by atoms with Crippen molar-refractivity contribution in [3.05, 3.63) is 35.7 Å². The fraction of sp³-hybridized carbons (Fsp3) is 0.562. The highest BCUT2D eigenvalue weighted by Gasteiger charge is 2.39. The summed E-state index contributed by atoms with van der Waals surface area (Å²) in [4.78, 5) is 1.28. The molecular formula is C16H21F3N6O2S. The topological polar surface area (TPSA) is 84.2 Å². The maximum absolute atomic E-state index is 13.2. The zero-order valence-corrected chi connectivity index (χ0v) is 16.1. The Kier molecular flexibility index (Phi) is 6.01. The molecule has 8 nitrogen and oxygen atoms in total. The number of aryl methyl sites for hydroxylation is 1. The molecule has 28 heavy (non-hydrogen) atoms. The summed E-state index contributed by atoms with van der Waals surface area (Å²) in [6.07, 6.45) is -3.86. The molecule has 0 radical (unpaired) electrons. The number of benzene rings is 1. The standard InChI is InChI=1S/C16H21F3N6O2S/c1-2-7-25-15(20-21-22-25)12-23-8-10-24(11-9-23)28(26,27)14-6-4-3-5-13(14)16(17,18)19/h3-6H,2,7-12H2,1H3. The van der Waals surface area contributed by atoms with E-state index >= 15 is 0 Å². The molecule has 1 fully saturated rings. The van der Waals surface area contributed by atoms with Crippen molar-refractivity contribution in [2.75, 3.05) is 26.2 Å². The molecule has 2 heterocycles. The van der Waals surface area contributed by atoms with Gasteiger partial charge in [0.05, 0.1) is 17.0 Å². The third kappa shape index (κ3) is 4.33. The Bertz CT molecular complexity index is 907. The van der Waals surface area contributed by atoms with E-state index in [2.05, 4.69) is 15.5 Å². The van der Waals surface area contributed by atoms with Gasteiger partial charge < -0.3 is 0 Å². The highest BCUT2D eigenvalue weighted by Crippen LogP contribution is 2.35. The summed E-state index contributed by atoms with van der Waals surface area (Å²) in [5.74, 6) is 0.681. The second-order valence-corrected chi connectivity index (χ2v) is 8.40. The first kappa shape index (κ1) is 20.7. The maximum atomic E-state index is 13.2. The van der Waals surface area contributed by atoms with Crippen LogP contribution in [0.1, 0.15) is 24.7 Å². The largest absolute Gasteiger partial charge is 0.417 e. The van der Waals surface area contributed by atoms with Crippen LogP contribution in [0.4, 0.5) is 13.2 Å². The minimum Gasteiger partial charge on any atom is -0.293 e. The van der Waals surface area contributed by atoms with Crippen LogP contribution in [0, 0.1) is 0 Å². The van der Waals surface area contributed by atoms with E-state index in [1.165, 1.54) is 12.1 Å². The Balaban J connectivity index is 1.70. The second-order valence-electron chi connectivity index (χ2n) is 6.49. The lowest BCUT2D eigenvalue weighted by atomic mass is 10.2. The van der Waals surface area contributed by atoms with Gasteiger partial charge in [-0.2, -0.15) is 17.5 Å². The molecule has 0 aliphatic carbocycles. The molecule has 1 aromatic carbocycles. The third-order valence-electron chi connectivity index (χ3n) is 4.55. The van der Waals surface area contributed by atoms with Crippen molar-refractivity contribution >= 4 is 10.0 Å². The van der Waals surface area contributed by atoms with Crippen LogP contribution in [-0.4, -0.2) is 64.0 Å². The number of nitrogens with zero attached hydrogens (tertiary/aromatic N) is 6. The van der Waals surface area contributed by atoms with Gasteiger partial charge in [0.25, 0.3) is 0 Å². The number of rotatable bonds is 6.